The first-order chi connectivity index (χ1) is 9.59. The van der Waals surface area contributed by atoms with Crippen molar-refractivity contribution < 1.29 is 0 Å². The Bertz CT molecular complexity index is 609. The molecule has 2 aromatic rings. The summed E-state index contributed by atoms with van der Waals surface area (Å²) in [7, 11) is 1.99. The summed E-state index contributed by atoms with van der Waals surface area (Å²) in [4.78, 5) is 17.4. The highest BCUT2D eigenvalue weighted by atomic mass is 15.0. The highest BCUT2D eigenvalue weighted by Crippen LogP contribution is 2.39. The van der Waals surface area contributed by atoms with Gasteiger partial charge in [-0.2, -0.15) is 0 Å². The molecule has 5 nitrogen and oxygen atoms in total. The molecule has 0 saturated carbocycles. The van der Waals surface area contributed by atoms with E-state index in [9.17, 15) is 0 Å². The van der Waals surface area contributed by atoms with Gasteiger partial charge in [0.25, 0.3) is 0 Å². The first-order valence-electron chi connectivity index (χ1n) is 6.88. The lowest BCUT2D eigenvalue weighted by Gasteiger charge is -2.36. The third-order valence-corrected chi connectivity index (χ3v) is 3.84. The van der Waals surface area contributed by atoms with Crippen LogP contribution in [0.5, 0.6) is 0 Å². The average Bonchev–Trinajstić information content (AvgIpc) is 2.45. The van der Waals surface area contributed by atoms with Crippen molar-refractivity contribution in [2.24, 2.45) is 5.41 Å². The lowest BCUT2D eigenvalue weighted by molar-refractivity contribution is 0.260. The molecule has 0 saturated heterocycles. The Morgan fingerprint density at radius 1 is 1.30 bits per heavy atom. The van der Waals surface area contributed by atoms with Gasteiger partial charge in [0.05, 0.1) is 0 Å². The minimum Gasteiger partial charge on any atom is -0.313 e. The van der Waals surface area contributed by atoms with E-state index < -0.39 is 0 Å². The fourth-order valence-corrected chi connectivity index (χ4v) is 2.85. The molecular formula is C15H19N5. The molecular weight excluding hydrogens is 250 g/mol. The van der Waals surface area contributed by atoms with Crippen molar-refractivity contribution in [1.29, 1.82) is 0 Å². The first kappa shape index (κ1) is 13.1. The summed E-state index contributed by atoms with van der Waals surface area (Å²) in [5.74, 6) is 0.679. The predicted octanol–water partition coefficient (Wildman–Crippen LogP) is 2.17. The number of fused-ring (bicyclic) bond motifs is 1. The van der Waals surface area contributed by atoms with Crippen molar-refractivity contribution in [3.63, 3.8) is 0 Å². The summed E-state index contributed by atoms with van der Waals surface area (Å²) in [6.45, 7) is 4.57. The largest absolute Gasteiger partial charge is 0.313 e. The summed E-state index contributed by atoms with van der Waals surface area (Å²) in [5.41, 5.74) is 3.36. The third kappa shape index (κ3) is 2.41. The number of hydrogen-bond acceptors (Lipinski definition) is 5. The lowest BCUT2D eigenvalue weighted by atomic mass is 9.74. The second kappa shape index (κ2) is 4.90. The van der Waals surface area contributed by atoms with E-state index in [0.717, 1.165) is 24.2 Å². The Morgan fingerprint density at radius 3 is 2.85 bits per heavy atom. The second-order valence-electron chi connectivity index (χ2n) is 6.08. The molecule has 20 heavy (non-hydrogen) atoms. The highest BCUT2D eigenvalue weighted by molar-refractivity contribution is 5.48. The Morgan fingerprint density at radius 2 is 2.15 bits per heavy atom. The molecule has 1 unspecified atom stereocenters. The Kier molecular flexibility index (Phi) is 3.22. The second-order valence-corrected chi connectivity index (χ2v) is 6.08. The summed E-state index contributed by atoms with van der Waals surface area (Å²) in [6, 6.07) is 2.17. The van der Waals surface area contributed by atoms with E-state index in [2.05, 4.69) is 34.1 Å². The maximum atomic E-state index is 4.74. The zero-order chi connectivity index (χ0) is 14.2. The molecule has 2 heterocycles. The van der Waals surface area contributed by atoms with Crippen LogP contribution in [0.2, 0.25) is 0 Å². The minimum atomic E-state index is 0.248. The van der Waals surface area contributed by atoms with Gasteiger partial charge in [-0.15, -0.1) is 0 Å². The number of aromatic nitrogens is 4. The lowest BCUT2D eigenvalue weighted by Crippen LogP contribution is -2.32. The van der Waals surface area contributed by atoms with Crippen LogP contribution in [-0.2, 0) is 6.42 Å². The SMILES string of the molecule is CNC1CC(C)(C)Cc2nc(-c3ccncn3)ncc21. The van der Waals surface area contributed by atoms with E-state index in [4.69, 9.17) is 4.98 Å². The van der Waals surface area contributed by atoms with Crippen LogP contribution < -0.4 is 5.32 Å². The van der Waals surface area contributed by atoms with E-state index >= 15 is 0 Å². The Hall–Kier alpha value is -1.88. The molecule has 0 spiro atoms. The fraction of sp³-hybridized carbons (Fsp3) is 0.467. The number of hydrogen-bond donors (Lipinski definition) is 1. The monoisotopic (exact) mass is 269 g/mol. The van der Waals surface area contributed by atoms with Gasteiger partial charge in [-0.25, -0.2) is 19.9 Å². The summed E-state index contributed by atoms with van der Waals surface area (Å²) in [6.07, 6.45) is 7.26. The van der Waals surface area contributed by atoms with Crippen LogP contribution in [0, 0.1) is 5.41 Å². The normalized spacial score (nSPS) is 20.4. The van der Waals surface area contributed by atoms with E-state index in [0.29, 0.717) is 11.9 Å². The van der Waals surface area contributed by atoms with Crippen LogP contribution in [0.3, 0.4) is 0 Å². The number of rotatable bonds is 2. The van der Waals surface area contributed by atoms with E-state index in [-0.39, 0.29) is 5.41 Å². The zero-order valence-electron chi connectivity index (χ0n) is 12.1. The molecule has 2 aromatic heterocycles. The van der Waals surface area contributed by atoms with Crippen molar-refractivity contribution in [2.45, 2.75) is 32.7 Å². The molecule has 5 heteroatoms. The molecule has 0 radical (unpaired) electrons. The van der Waals surface area contributed by atoms with Gasteiger partial charge in [0.15, 0.2) is 5.82 Å². The molecule has 0 aromatic carbocycles. The first-order valence-corrected chi connectivity index (χ1v) is 6.88. The van der Waals surface area contributed by atoms with Gasteiger partial charge >= 0.3 is 0 Å². The summed E-state index contributed by atoms with van der Waals surface area (Å²) in [5, 5.41) is 3.37. The molecule has 0 bridgehead atoms. The maximum Gasteiger partial charge on any atom is 0.178 e. The van der Waals surface area contributed by atoms with Gasteiger partial charge in [-0.3, -0.25) is 0 Å². The van der Waals surface area contributed by atoms with Crippen molar-refractivity contribution in [3.8, 4) is 11.5 Å². The molecule has 0 fully saturated rings. The molecule has 3 rings (SSSR count). The van der Waals surface area contributed by atoms with Crippen LogP contribution in [-0.4, -0.2) is 27.0 Å². The van der Waals surface area contributed by atoms with Crippen LogP contribution in [0.15, 0.2) is 24.8 Å². The molecule has 104 valence electrons. The third-order valence-electron chi connectivity index (χ3n) is 3.84. The zero-order valence-corrected chi connectivity index (χ0v) is 12.1. The Labute approximate surface area is 118 Å². The van der Waals surface area contributed by atoms with Crippen molar-refractivity contribution in [1.82, 2.24) is 25.3 Å². The van der Waals surface area contributed by atoms with Gasteiger partial charge < -0.3 is 5.32 Å². The number of nitrogens with one attached hydrogen (secondary N) is 1. The van der Waals surface area contributed by atoms with Gasteiger partial charge in [0, 0.05) is 29.7 Å². The van der Waals surface area contributed by atoms with Crippen molar-refractivity contribution in [3.05, 3.63) is 36.0 Å². The summed E-state index contributed by atoms with van der Waals surface area (Å²) < 4.78 is 0. The van der Waals surface area contributed by atoms with E-state index in [1.807, 2.05) is 19.3 Å². The summed E-state index contributed by atoms with van der Waals surface area (Å²) >= 11 is 0. The molecule has 0 aliphatic heterocycles. The van der Waals surface area contributed by atoms with Crippen LogP contribution in [0.1, 0.15) is 37.6 Å². The highest BCUT2D eigenvalue weighted by Gasteiger charge is 2.32. The van der Waals surface area contributed by atoms with Crippen LogP contribution >= 0.6 is 0 Å². The number of nitrogens with zero attached hydrogens (tertiary/aromatic N) is 4. The molecule has 0 amide bonds. The quantitative estimate of drug-likeness (QED) is 0.905. The van der Waals surface area contributed by atoms with E-state index in [1.165, 1.54) is 11.9 Å². The molecule has 1 aliphatic carbocycles. The van der Waals surface area contributed by atoms with Gasteiger partial charge in [0.1, 0.15) is 12.0 Å². The van der Waals surface area contributed by atoms with Crippen LogP contribution in [0.25, 0.3) is 11.5 Å². The van der Waals surface area contributed by atoms with Gasteiger partial charge in [0.2, 0.25) is 0 Å². The van der Waals surface area contributed by atoms with Crippen molar-refractivity contribution in [2.75, 3.05) is 7.05 Å². The topological polar surface area (TPSA) is 63.6 Å². The minimum absolute atomic E-state index is 0.248. The van der Waals surface area contributed by atoms with Crippen LogP contribution in [0.4, 0.5) is 0 Å². The Balaban J connectivity index is 2.04. The smallest absolute Gasteiger partial charge is 0.178 e. The molecule has 1 aliphatic rings. The molecule has 1 atom stereocenters. The van der Waals surface area contributed by atoms with Gasteiger partial charge in [-0.05, 0) is 31.4 Å². The van der Waals surface area contributed by atoms with Crippen molar-refractivity contribution >= 4 is 0 Å². The van der Waals surface area contributed by atoms with E-state index in [1.54, 1.807) is 6.20 Å². The average molecular weight is 269 g/mol. The fourth-order valence-electron chi connectivity index (χ4n) is 2.85. The molecule has 1 N–H and O–H groups in total. The maximum absolute atomic E-state index is 4.74. The van der Waals surface area contributed by atoms with Gasteiger partial charge in [-0.1, -0.05) is 13.8 Å². The standard InChI is InChI=1S/C15H19N5/c1-15(2)6-12(16-3)10-8-18-14(20-13(10)7-15)11-4-5-17-9-19-11/h4-5,8-9,12,16H,6-7H2,1-3H3. The predicted molar refractivity (Wildman–Crippen MR) is 77.0 cm³/mol.